The summed E-state index contributed by atoms with van der Waals surface area (Å²) in [6, 6.07) is 6.58. The number of amides is 1. The minimum absolute atomic E-state index is 0.000109. The van der Waals surface area contributed by atoms with Crippen molar-refractivity contribution in [2.45, 2.75) is 13.0 Å². The maximum Gasteiger partial charge on any atom is 0.328 e. The summed E-state index contributed by atoms with van der Waals surface area (Å²) in [5.41, 5.74) is 1.87. The van der Waals surface area contributed by atoms with E-state index in [2.05, 4.69) is 21.0 Å². The molecule has 1 aliphatic rings. The van der Waals surface area contributed by atoms with E-state index in [1.165, 1.54) is 11.1 Å². The van der Waals surface area contributed by atoms with Crippen molar-refractivity contribution in [2.75, 3.05) is 19.8 Å². The number of aliphatic carboxylic acids is 1. The highest BCUT2D eigenvalue weighted by atomic mass is 79.9. The van der Waals surface area contributed by atoms with Gasteiger partial charge in [0.15, 0.2) is 6.04 Å². The van der Waals surface area contributed by atoms with Crippen molar-refractivity contribution in [3.63, 3.8) is 0 Å². The molecule has 1 atom stereocenters. The van der Waals surface area contributed by atoms with Crippen LogP contribution >= 0.6 is 15.9 Å². The fourth-order valence-electron chi connectivity index (χ4n) is 2.69. The van der Waals surface area contributed by atoms with Crippen molar-refractivity contribution in [3.05, 3.63) is 46.2 Å². The third kappa shape index (κ3) is 3.07. The molecule has 1 N–H and O–H groups in total. The minimum atomic E-state index is -1.07. The van der Waals surface area contributed by atoms with E-state index in [9.17, 15) is 14.7 Å². The summed E-state index contributed by atoms with van der Waals surface area (Å²) < 4.78 is 7.74. The lowest BCUT2D eigenvalue weighted by Crippen LogP contribution is -2.52. The minimum Gasteiger partial charge on any atom is -0.480 e. The highest BCUT2D eigenvalue weighted by Crippen LogP contribution is 2.20. The summed E-state index contributed by atoms with van der Waals surface area (Å²) in [6.07, 6.45) is 1.48. The molecular formula is C16H16BrN3O4. The van der Waals surface area contributed by atoms with Gasteiger partial charge in [-0.25, -0.2) is 9.48 Å². The van der Waals surface area contributed by atoms with Crippen molar-refractivity contribution in [1.29, 1.82) is 0 Å². The number of carbonyl (C=O) groups is 2. The van der Waals surface area contributed by atoms with Gasteiger partial charge in [0.25, 0.3) is 5.91 Å². The average molecular weight is 394 g/mol. The molecule has 0 bridgehead atoms. The van der Waals surface area contributed by atoms with Crippen molar-refractivity contribution in [1.82, 2.24) is 14.7 Å². The van der Waals surface area contributed by atoms with Crippen LogP contribution in [-0.2, 0) is 9.53 Å². The first-order chi connectivity index (χ1) is 11.5. The number of hydrogen-bond acceptors (Lipinski definition) is 4. The summed E-state index contributed by atoms with van der Waals surface area (Å²) in [7, 11) is 0. The van der Waals surface area contributed by atoms with E-state index >= 15 is 0 Å². The first-order valence-electron chi connectivity index (χ1n) is 7.41. The molecule has 7 nitrogen and oxygen atoms in total. The lowest BCUT2D eigenvalue weighted by Gasteiger charge is -2.32. The quantitative estimate of drug-likeness (QED) is 0.860. The van der Waals surface area contributed by atoms with Crippen LogP contribution < -0.4 is 0 Å². The zero-order chi connectivity index (χ0) is 17.3. The Morgan fingerprint density at radius 2 is 2.21 bits per heavy atom. The number of carboxylic acid groups (broad SMARTS) is 1. The Bertz CT molecular complexity index is 789. The van der Waals surface area contributed by atoms with Crippen molar-refractivity contribution in [2.24, 2.45) is 0 Å². The number of benzene rings is 1. The number of halogens is 1. The number of carbonyl (C=O) groups excluding carboxylic acids is 1. The lowest BCUT2D eigenvalue weighted by atomic mass is 10.1. The summed E-state index contributed by atoms with van der Waals surface area (Å²) in [5.74, 6) is -1.41. The molecule has 1 fully saturated rings. The van der Waals surface area contributed by atoms with E-state index in [0.717, 1.165) is 10.2 Å². The van der Waals surface area contributed by atoms with Crippen LogP contribution in [0.4, 0.5) is 0 Å². The molecule has 126 valence electrons. The van der Waals surface area contributed by atoms with Gasteiger partial charge >= 0.3 is 5.97 Å². The average Bonchev–Trinajstić information content (AvgIpc) is 2.95. The van der Waals surface area contributed by atoms with Gasteiger partial charge in [-0.1, -0.05) is 22.0 Å². The monoisotopic (exact) mass is 393 g/mol. The van der Waals surface area contributed by atoms with E-state index in [1.54, 1.807) is 11.6 Å². The number of morpholine rings is 1. The van der Waals surface area contributed by atoms with Gasteiger partial charge in [-0.15, -0.1) is 0 Å². The maximum atomic E-state index is 12.8. The Morgan fingerprint density at radius 1 is 1.42 bits per heavy atom. The SMILES string of the molecule is Cc1c(C(=O)N2CCOC[C@@H]2C(=O)O)cnn1-c1cccc(Br)c1. The molecule has 1 amide bonds. The van der Waals surface area contributed by atoms with E-state index in [0.29, 0.717) is 17.9 Å². The van der Waals surface area contributed by atoms with E-state index in [-0.39, 0.29) is 19.1 Å². The molecule has 8 heteroatoms. The second-order valence-electron chi connectivity index (χ2n) is 5.46. The van der Waals surface area contributed by atoms with Crippen LogP contribution in [-0.4, -0.2) is 57.5 Å². The van der Waals surface area contributed by atoms with Gasteiger partial charge in [-0.2, -0.15) is 5.10 Å². The normalized spacial score (nSPS) is 17.8. The van der Waals surface area contributed by atoms with E-state index < -0.39 is 12.0 Å². The fourth-order valence-corrected chi connectivity index (χ4v) is 3.08. The second kappa shape index (κ2) is 6.74. The molecule has 2 aromatic rings. The third-order valence-electron chi connectivity index (χ3n) is 3.97. The molecule has 0 unspecified atom stereocenters. The molecule has 0 saturated carbocycles. The molecule has 1 aromatic heterocycles. The van der Waals surface area contributed by atoms with Crippen molar-refractivity contribution >= 4 is 27.8 Å². The largest absolute Gasteiger partial charge is 0.480 e. The smallest absolute Gasteiger partial charge is 0.328 e. The molecule has 2 heterocycles. The van der Waals surface area contributed by atoms with E-state index in [1.807, 2.05) is 24.3 Å². The molecule has 1 aromatic carbocycles. The fraction of sp³-hybridized carbons (Fsp3) is 0.312. The maximum absolute atomic E-state index is 12.8. The molecule has 0 aliphatic carbocycles. The van der Waals surface area contributed by atoms with Gasteiger partial charge in [0.05, 0.1) is 36.4 Å². The number of hydrogen-bond donors (Lipinski definition) is 1. The number of carboxylic acids is 1. The number of aromatic nitrogens is 2. The van der Waals surface area contributed by atoms with Gasteiger partial charge in [0.1, 0.15) is 0 Å². The predicted molar refractivity (Wildman–Crippen MR) is 89.3 cm³/mol. The Morgan fingerprint density at radius 3 is 2.92 bits per heavy atom. The molecule has 0 spiro atoms. The van der Waals surface area contributed by atoms with Crippen molar-refractivity contribution < 1.29 is 19.4 Å². The summed E-state index contributed by atoms with van der Waals surface area (Å²) in [5, 5.41) is 13.6. The van der Waals surface area contributed by atoms with Crippen LogP contribution in [0.1, 0.15) is 16.1 Å². The predicted octanol–water partition coefficient (Wildman–Crippen LogP) is 1.87. The summed E-state index contributed by atoms with van der Waals surface area (Å²) in [4.78, 5) is 25.5. The Kier molecular flexibility index (Phi) is 4.68. The molecule has 24 heavy (non-hydrogen) atoms. The van der Waals surface area contributed by atoms with Gasteiger partial charge < -0.3 is 14.7 Å². The highest BCUT2D eigenvalue weighted by Gasteiger charge is 2.34. The standard InChI is InChI=1S/C16H16BrN3O4/c1-10-13(8-18-20(10)12-4-2-3-11(17)7-12)15(21)19-5-6-24-9-14(19)16(22)23/h2-4,7-8,14H,5-6,9H2,1H3,(H,22,23)/t14-/m1/s1. The van der Waals surface area contributed by atoms with Gasteiger partial charge in [-0.3, -0.25) is 4.79 Å². The molecular weight excluding hydrogens is 378 g/mol. The van der Waals surface area contributed by atoms with Crippen molar-refractivity contribution in [3.8, 4) is 5.69 Å². The highest BCUT2D eigenvalue weighted by molar-refractivity contribution is 9.10. The van der Waals surface area contributed by atoms with Crippen LogP contribution in [0.15, 0.2) is 34.9 Å². The summed E-state index contributed by atoms with van der Waals surface area (Å²) in [6.45, 7) is 2.36. The second-order valence-corrected chi connectivity index (χ2v) is 6.38. The zero-order valence-corrected chi connectivity index (χ0v) is 14.6. The first kappa shape index (κ1) is 16.7. The van der Waals surface area contributed by atoms with E-state index in [4.69, 9.17) is 4.74 Å². The van der Waals surface area contributed by atoms with Crippen LogP contribution in [0.5, 0.6) is 0 Å². The van der Waals surface area contributed by atoms with Crippen LogP contribution in [0.25, 0.3) is 5.69 Å². The van der Waals surface area contributed by atoms with Crippen LogP contribution in [0.3, 0.4) is 0 Å². The van der Waals surface area contributed by atoms with Crippen LogP contribution in [0.2, 0.25) is 0 Å². The molecule has 1 aliphatic heterocycles. The zero-order valence-electron chi connectivity index (χ0n) is 13.0. The Hall–Kier alpha value is -2.19. The topological polar surface area (TPSA) is 84.7 Å². The third-order valence-corrected chi connectivity index (χ3v) is 4.46. The molecule has 3 rings (SSSR count). The lowest BCUT2D eigenvalue weighted by molar-refractivity contribution is -0.147. The Balaban J connectivity index is 1.92. The first-order valence-corrected chi connectivity index (χ1v) is 8.20. The van der Waals surface area contributed by atoms with Gasteiger partial charge in [0, 0.05) is 11.0 Å². The number of nitrogens with zero attached hydrogens (tertiary/aromatic N) is 3. The molecule has 0 radical (unpaired) electrons. The number of rotatable bonds is 3. The number of ether oxygens (including phenoxy) is 1. The van der Waals surface area contributed by atoms with Crippen LogP contribution in [0, 0.1) is 6.92 Å². The van der Waals surface area contributed by atoms with Gasteiger partial charge in [-0.05, 0) is 25.1 Å². The molecule has 1 saturated heterocycles. The van der Waals surface area contributed by atoms with Gasteiger partial charge in [0.2, 0.25) is 0 Å². The Labute approximate surface area is 147 Å². The summed E-state index contributed by atoms with van der Waals surface area (Å²) >= 11 is 3.41.